The van der Waals surface area contributed by atoms with Gasteiger partial charge in [-0.05, 0) is 56.5 Å². The number of aromatic nitrogens is 3. The summed E-state index contributed by atoms with van der Waals surface area (Å²) in [6, 6.07) is 0. The van der Waals surface area contributed by atoms with Crippen LogP contribution >= 0.6 is 24.4 Å². The maximum absolute atomic E-state index is 5.04. The van der Waals surface area contributed by atoms with Crippen molar-refractivity contribution < 1.29 is 52.8 Å². The summed E-state index contributed by atoms with van der Waals surface area (Å²) in [5.74, 6) is 0.663. The Morgan fingerprint density at radius 1 is 0.821 bits per heavy atom. The molecule has 7 heteroatoms. The molecule has 0 fully saturated rings. The van der Waals surface area contributed by atoms with Crippen molar-refractivity contribution >= 4 is 30.4 Å². The Kier molecular flexibility index (Phi) is 21.3. The second-order valence-electron chi connectivity index (χ2n) is 7.21. The van der Waals surface area contributed by atoms with Crippen LogP contribution in [0.5, 0.6) is 0 Å². The quantitative estimate of drug-likeness (QED) is 0.139. The number of unbranched alkanes of at least 4 members (excludes halogenated alkanes) is 12. The van der Waals surface area contributed by atoms with Crippen molar-refractivity contribution in [2.24, 2.45) is 0 Å². The number of allylic oxidation sites excluding steroid dienone is 2. The van der Waals surface area contributed by atoms with Gasteiger partial charge in [0.05, 0.1) is 0 Å². The molecule has 0 aliphatic heterocycles. The molecule has 0 radical (unpaired) electrons. The molecule has 0 bridgehead atoms. The van der Waals surface area contributed by atoms with E-state index >= 15 is 0 Å². The summed E-state index contributed by atoms with van der Waals surface area (Å²) in [6.07, 6.45) is 23.3. The predicted molar refractivity (Wildman–Crippen MR) is 124 cm³/mol. The van der Waals surface area contributed by atoms with Crippen LogP contribution in [0, 0.1) is 9.54 Å². The van der Waals surface area contributed by atoms with Crippen molar-refractivity contribution in [1.82, 2.24) is 15.0 Å². The van der Waals surface area contributed by atoms with Gasteiger partial charge in [0.2, 0.25) is 10.7 Å². The van der Waals surface area contributed by atoms with E-state index in [1.54, 1.807) is 0 Å². The van der Waals surface area contributed by atoms with Crippen LogP contribution in [0.3, 0.4) is 0 Å². The first-order valence-corrected chi connectivity index (χ1v) is 11.6. The number of hydrogen-bond donors (Lipinski definition) is 3. The third-order valence-corrected chi connectivity index (χ3v) is 5.04. The number of nitrogens with one attached hydrogen (secondary N) is 3. The predicted octanol–water partition coefficient (Wildman–Crippen LogP) is 4.76. The van der Waals surface area contributed by atoms with Gasteiger partial charge >= 0.3 is 51.4 Å². The molecule has 4 nitrogen and oxygen atoms in total. The molecular formula is C21H39KN4S2. The summed E-state index contributed by atoms with van der Waals surface area (Å²) in [5, 5.41) is 3.25. The minimum Gasteiger partial charge on any atom is -1.00 e. The van der Waals surface area contributed by atoms with Crippen LogP contribution in [0.25, 0.3) is 0 Å². The van der Waals surface area contributed by atoms with Crippen LogP contribution in [-0.2, 0) is 0 Å². The molecule has 3 N–H and O–H groups in total. The number of rotatable bonds is 17. The van der Waals surface area contributed by atoms with E-state index in [9.17, 15) is 0 Å². The number of H-pyrrole nitrogens is 2. The summed E-state index contributed by atoms with van der Waals surface area (Å²) in [6.45, 7) is 3.18. The molecule has 1 aromatic heterocycles. The molecule has 0 saturated heterocycles. The maximum atomic E-state index is 5.04. The van der Waals surface area contributed by atoms with Gasteiger partial charge in [0.1, 0.15) is 0 Å². The minimum atomic E-state index is 0. The van der Waals surface area contributed by atoms with Crippen LogP contribution in [0.2, 0.25) is 0 Å². The Balaban J connectivity index is 0. The molecule has 1 heterocycles. The van der Waals surface area contributed by atoms with Crippen molar-refractivity contribution in [1.29, 1.82) is 0 Å². The maximum Gasteiger partial charge on any atom is 1.00 e. The normalized spacial score (nSPS) is 10.9. The molecule has 0 saturated carbocycles. The molecular weight excluding hydrogens is 411 g/mol. The SMILES string of the molecule is CCCCCCCC/C=C\CCCCCCCCNc1nc(=S)[nH]c(=S)[nH]1.[H-].[K+]. The van der Waals surface area contributed by atoms with Crippen LogP contribution in [0.15, 0.2) is 12.2 Å². The third kappa shape index (κ3) is 17.5. The summed E-state index contributed by atoms with van der Waals surface area (Å²) < 4.78 is 0.931. The summed E-state index contributed by atoms with van der Waals surface area (Å²) in [4.78, 5) is 9.92. The Morgan fingerprint density at radius 2 is 1.36 bits per heavy atom. The average Bonchev–Trinajstić information content (AvgIpc) is 2.63. The molecule has 0 unspecified atom stereocenters. The second kappa shape index (κ2) is 20.9. The summed E-state index contributed by atoms with van der Waals surface area (Å²) in [7, 11) is 0. The molecule has 0 aliphatic rings. The molecule has 0 aromatic carbocycles. The molecule has 156 valence electrons. The largest absolute Gasteiger partial charge is 1.00 e. The van der Waals surface area contributed by atoms with E-state index in [1.165, 1.54) is 83.5 Å². The van der Waals surface area contributed by atoms with E-state index < -0.39 is 0 Å². The van der Waals surface area contributed by atoms with Gasteiger partial charge in [-0.3, -0.25) is 0 Å². The van der Waals surface area contributed by atoms with E-state index in [0.717, 1.165) is 13.0 Å². The van der Waals surface area contributed by atoms with Gasteiger partial charge in [-0.2, -0.15) is 4.98 Å². The summed E-state index contributed by atoms with van der Waals surface area (Å²) in [5.41, 5.74) is 0. The average molecular weight is 451 g/mol. The van der Waals surface area contributed by atoms with E-state index in [-0.39, 0.29) is 52.8 Å². The monoisotopic (exact) mass is 450 g/mol. The zero-order valence-electron chi connectivity index (χ0n) is 19.0. The van der Waals surface area contributed by atoms with Crippen molar-refractivity contribution in [2.45, 2.75) is 96.8 Å². The van der Waals surface area contributed by atoms with E-state index in [2.05, 4.69) is 39.3 Å². The van der Waals surface area contributed by atoms with E-state index in [1.807, 2.05) is 0 Å². The fourth-order valence-corrected chi connectivity index (χ4v) is 3.51. The van der Waals surface area contributed by atoms with Gasteiger partial charge < -0.3 is 16.7 Å². The van der Waals surface area contributed by atoms with Crippen molar-refractivity contribution in [3.8, 4) is 0 Å². The molecule has 1 aromatic rings. The topological polar surface area (TPSA) is 56.5 Å². The first kappa shape index (κ1) is 28.6. The van der Waals surface area contributed by atoms with Crippen molar-refractivity contribution in [2.75, 3.05) is 11.9 Å². The van der Waals surface area contributed by atoms with Crippen LogP contribution in [0.1, 0.15) is 98.2 Å². The number of nitrogens with zero attached hydrogens (tertiary/aromatic N) is 1. The smallest absolute Gasteiger partial charge is 1.00 e. The fraction of sp³-hybridized carbons (Fsp3) is 0.762. The standard InChI is InChI=1S/C21H38N4S2.K.H/c1-2-3-4-5-6-7-8-9-10-11-12-13-14-15-16-17-18-22-19-23-20(26)25-21(27)24-19;;/h9-10H,2-8,11-18H2,1H3,(H3,22,23,24,25,26,27);;/q;+1;-1/b10-9-;;. The molecule has 0 spiro atoms. The van der Waals surface area contributed by atoms with Gasteiger partial charge in [0.25, 0.3) is 0 Å². The third-order valence-electron chi connectivity index (χ3n) is 4.65. The Hall–Kier alpha value is 0.626. The molecule has 0 atom stereocenters. The van der Waals surface area contributed by atoms with Gasteiger partial charge in [-0.25, -0.2) is 0 Å². The van der Waals surface area contributed by atoms with Gasteiger partial charge in [-0.15, -0.1) is 0 Å². The van der Waals surface area contributed by atoms with Crippen LogP contribution in [0.4, 0.5) is 5.95 Å². The van der Waals surface area contributed by atoms with Crippen molar-refractivity contribution in [3.05, 3.63) is 21.7 Å². The fourth-order valence-electron chi connectivity index (χ4n) is 3.06. The molecule has 0 aliphatic carbocycles. The Labute approximate surface area is 226 Å². The number of aromatic amines is 2. The van der Waals surface area contributed by atoms with E-state index in [0.29, 0.717) is 15.5 Å². The van der Waals surface area contributed by atoms with Crippen molar-refractivity contribution in [3.63, 3.8) is 0 Å². The van der Waals surface area contributed by atoms with Gasteiger partial charge in [-0.1, -0.05) is 76.9 Å². The van der Waals surface area contributed by atoms with Gasteiger partial charge in [0, 0.05) is 6.54 Å². The first-order valence-electron chi connectivity index (χ1n) is 10.8. The molecule has 1 rings (SSSR count). The molecule has 0 amide bonds. The summed E-state index contributed by atoms with van der Waals surface area (Å²) >= 11 is 10.1. The van der Waals surface area contributed by atoms with Crippen LogP contribution in [-0.4, -0.2) is 21.5 Å². The van der Waals surface area contributed by atoms with E-state index in [4.69, 9.17) is 24.4 Å². The van der Waals surface area contributed by atoms with Gasteiger partial charge in [0.15, 0.2) is 4.77 Å². The molecule has 28 heavy (non-hydrogen) atoms. The van der Waals surface area contributed by atoms with Crippen LogP contribution < -0.4 is 56.7 Å². The minimum absolute atomic E-state index is 0. The second-order valence-corrected chi connectivity index (χ2v) is 8.00. The zero-order valence-corrected chi connectivity index (χ0v) is 22.8. The number of hydrogen-bond acceptors (Lipinski definition) is 4. The number of anilines is 1. The first-order chi connectivity index (χ1) is 13.2. The Bertz CT molecular complexity index is 591. The Morgan fingerprint density at radius 3 is 1.93 bits per heavy atom. The zero-order chi connectivity index (χ0) is 19.6.